The van der Waals surface area contributed by atoms with Gasteiger partial charge in [-0.2, -0.15) is 0 Å². The molecule has 0 saturated heterocycles. The molecule has 128 valence electrons. The molecule has 6 heteroatoms. The molecule has 4 rings (SSSR count). The summed E-state index contributed by atoms with van der Waals surface area (Å²) in [6.45, 7) is 0.524. The van der Waals surface area contributed by atoms with Gasteiger partial charge in [-0.3, -0.25) is 9.78 Å². The number of fused-ring (bicyclic) bond motifs is 1. The Balaban J connectivity index is 1.65. The normalized spacial score (nSPS) is 10.8. The van der Waals surface area contributed by atoms with E-state index in [-0.39, 0.29) is 5.91 Å². The summed E-state index contributed by atoms with van der Waals surface area (Å²) in [5, 5.41) is 3.80. The quantitative estimate of drug-likeness (QED) is 0.583. The van der Waals surface area contributed by atoms with Crippen molar-refractivity contribution in [2.45, 2.75) is 6.42 Å². The lowest BCUT2D eigenvalue weighted by atomic mass is 10.1. The summed E-state index contributed by atoms with van der Waals surface area (Å²) in [6, 6.07) is 15.1. The maximum absolute atomic E-state index is 12.8. The van der Waals surface area contributed by atoms with Gasteiger partial charge in [-0.05, 0) is 24.3 Å². The van der Waals surface area contributed by atoms with Crippen molar-refractivity contribution in [1.82, 2.24) is 25.3 Å². The third kappa shape index (κ3) is 3.30. The molecule has 0 fully saturated rings. The van der Waals surface area contributed by atoms with Crippen LogP contribution in [0.5, 0.6) is 0 Å². The van der Waals surface area contributed by atoms with Crippen LogP contribution in [0.25, 0.3) is 22.3 Å². The number of imidazole rings is 1. The lowest BCUT2D eigenvalue weighted by molar-refractivity contribution is 0.0955. The SMILES string of the molecule is O=C(NCCc1cnc[nH]1)c1cc(-c2ccccn2)nc2ccccc12. The minimum Gasteiger partial charge on any atom is -0.352 e. The molecule has 26 heavy (non-hydrogen) atoms. The van der Waals surface area contributed by atoms with E-state index in [4.69, 9.17) is 0 Å². The Morgan fingerprint density at radius 3 is 2.77 bits per heavy atom. The molecular weight excluding hydrogens is 326 g/mol. The standard InChI is InChI=1S/C20H17N5O/c26-20(23-10-8-14-12-21-13-24-14)16-11-19(18-7-3-4-9-22-18)25-17-6-2-1-5-15(16)17/h1-7,9,11-13H,8,10H2,(H,21,24)(H,23,26). The number of para-hydroxylation sites is 1. The highest BCUT2D eigenvalue weighted by molar-refractivity contribution is 6.07. The molecule has 0 unspecified atom stereocenters. The molecular formula is C20H17N5O. The fraction of sp³-hybridized carbons (Fsp3) is 0.100. The number of rotatable bonds is 5. The Labute approximate surface area is 150 Å². The highest BCUT2D eigenvalue weighted by Crippen LogP contribution is 2.23. The van der Waals surface area contributed by atoms with E-state index in [1.54, 1.807) is 24.8 Å². The molecule has 0 aliphatic rings. The largest absolute Gasteiger partial charge is 0.352 e. The van der Waals surface area contributed by atoms with Gasteiger partial charge >= 0.3 is 0 Å². The molecule has 0 bridgehead atoms. The van der Waals surface area contributed by atoms with Crippen LogP contribution in [0.15, 0.2) is 67.3 Å². The van der Waals surface area contributed by atoms with Gasteiger partial charge in [0.15, 0.2) is 0 Å². The van der Waals surface area contributed by atoms with Crippen LogP contribution in [0.1, 0.15) is 16.1 Å². The van der Waals surface area contributed by atoms with Crippen LogP contribution >= 0.6 is 0 Å². The minimum absolute atomic E-state index is 0.125. The lowest BCUT2D eigenvalue weighted by Gasteiger charge is -2.10. The van der Waals surface area contributed by atoms with E-state index in [1.807, 2.05) is 42.5 Å². The molecule has 1 aromatic carbocycles. The van der Waals surface area contributed by atoms with Crippen molar-refractivity contribution in [2.75, 3.05) is 6.54 Å². The molecule has 4 aromatic rings. The van der Waals surface area contributed by atoms with Crippen molar-refractivity contribution in [3.8, 4) is 11.4 Å². The van der Waals surface area contributed by atoms with E-state index < -0.39 is 0 Å². The summed E-state index contributed by atoms with van der Waals surface area (Å²) in [5.41, 5.74) is 3.78. The Bertz CT molecular complexity index is 1030. The predicted octanol–water partition coefficient (Wildman–Crippen LogP) is 2.99. The monoisotopic (exact) mass is 343 g/mol. The summed E-state index contributed by atoms with van der Waals surface area (Å²) in [7, 11) is 0. The van der Waals surface area contributed by atoms with Crippen molar-refractivity contribution in [3.63, 3.8) is 0 Å². The maximum atomic E-state index is 12.8. The molecule has 0 saturated carbocycles. The maximum Gasteiger partial charge on any atom is 0.252 e. The molecule has 2 N–H and O–H groups in total. The topological polar surface area (TPSA) is 83.6 Å². The number of hydrogen-bond donors (Lipinski definition) is 2. The number of nitrogens with zero attached hydrogens (tertiary/aromatic N) is 3. The second-order valence-corrected chi connectivity index (χ2v) is 5.87. The summed E-state index contributed by atoms with van der Waals surface area (Å²) >= 11 is 0. The van der Waals surface area contributed by atoms with Crippen molar-refractivity contribution >= 4 is 16.8 Å². The number of carbonyl (C=O) groups excluding carboxylic acids is 1. The fourth-order valence-corrected chi connectivity index (χ4v) is 2.84. The van der Waals surface area contributed by atoms with E-state index in [2.05, 4.69) is 25.3 Å². The van der Waals surface area contributed by atoms with Gasteiger partial charge in [0.05, 0.1) is 28.8 Å². The zero-order chi connectivity index (χ0) is 17.8. The van der Waals surface area contributed by atoms with Crippen molar-refractivity contribution in [1.29, 1.82) is 0 Å². The number of carbonyl (C=O) groups is 1. The van der Waals surface area contributed by atoms with E-state index in [0.29, 0.717) is 24.2 Å². The molecule has 0 radical (unpaired) electrons. The fourth-order valence-electron chi connectivity index (χ4n) is 2.84. The van der Waals surface area contributed by atoms with Crippen LogP contribution in [0.4, 0.5) is 0 Å². The predicted molar refractivity (Wildman–Crippen MR) is 99.6 cm³/mol. The Morgan fingerprint density at radius 2 is 1.96 bits per heavy atom. The average Bonchev–Trinajstić information content (AvgIpc) is 3.21. The van der Waals surface area contributed by atoms with Crippen molar-refractivity contribution in [3.05, 3.63) is 78.5 Å². The first-order valence-electron chi connectivity index (χ1n) is 8.38. The Kier molecular flexibility index (Phi) is 4.38. The minimum atomic E-state index is -0.125. The molecule has 0 aliphatic heterocycles. The Hall–Kier alpha value is -3.54. The summed E-state index contributed by atoms with van der Waals surface area (Å²) in [6.07, 6.45) is 5.80. The summed E-state index contributed by atoms with van der Waals surface area (Å²) in [4.78, 5) is 28.8. The summed E-state index contributed by atoms with van der Waals surface area (Å²) < 4.78 is 0. The Morgan fingerprint density at radius 1 is 1.08 bits per heavy atom. The second-order valence-electron chi connectivity index (χ2n) is 5.87. The first-order chi connectivity index (χ1) is 12.8. The van der Waals surface area contributed by atoms with E-state index in [1.165, 1.54) is 0 Å². The third-order valence-corrected chi connectivity index (χ3v) is 4.12. The van der Waals surface area contributed by atoms with Crippen molar-refractivity contribution in [2.24, 2.45) is 0 Å². The highest BCUT2D eigenvalue weighted by Gasteiger charge is 2.14. The van der Waals surface area contributed by atoms with E-state index >= 15 is 0 Å². The lowest BCUT2D eigenvalue weighted by Crippen LogP contribution is -2.26. The molecule has 3 heterocycles. The zero-order valence-corrected chi connectivity index (χ0v) is 14.0. The number of H-pyrrole nitrogens is 1. The number of nitrogens with one attached hydrogen (secondary N) is 2. The molecule has 1 amide bonds. The van der Waals surface area contributed by atoms with Gasteiger partial charge in [-0.15, -0.1) is 0 Å². The molecule has 0 aliphatic carbocycles. The second kappa shape index (κ2) is 7.14. The first-order valence-corrected chi connectivity index (χ1v) is 8.38. The van der Waals surface area contributed by atoms with Gasteiger partial charge < -0.3 is 10.3 Å². The van der Waals surface area contributed by atoms with Gasteiger partial charge in [0.25, 0.3) is 5.91 Å². The van der Waals surface area contributed by atoms with Crippen LogP contribution in [-0.2, 0) is 6.42 Å². The van der Waals surface area contributed by atoms with Gasteiger partial charge in [0, 0.05) is 36.4 Å². The number of hydrogen-bond acceptors (Lipinski definition) is 4. The molecule has 0 spiro atoms. The molecule has 0 atom stereocenters. The van der Waals surface area contributed by atoms with Gasteiger partial charge in [-0.25, -0.2) is 9.97 Å². The number of amides is 1. The van der Waals surface area contributed by atoms with Crippen LogP contribution in [0.2, 0.25) is 0 Å². The van der Waals surface area contributed by atoms with Gasteiger partial charge in [0.1, 0.15) is 0 Å². The highest BCUT2D eigenvalue weighted by atomic mass is 16.1. The third-order valence-electron chi connectivity index (χ3n) is 4.12. The molecule has 6 nitrogen and oxygen atoms in total. The van der Waals surface area contributed by atoms with Crippen molar-refractivity contribution < 1.29 is 4.79 Å². The smallest absolute Gasteiger partial charge is 0.252 e. The van der Waals surface area contributed by atoms with Crippen LogP contribution in [0.3, 0.4) is 0 Å². The number of aromatic nitrogens is 4. The van der Waals surface area contributed by atoms with Crippen LogP contribution in [0, 0.1) is 0 Å². The molecule has 3 aromatic heterocycles. The van der Waals surface area contributed by atoms with Gasteiger partial charge in [-0.1, -0.05) is 24.3 Å². The van der Waals surface area contributed by atoms with Gasteiger partial charge in [0.2, 0.25) is 0 Å². The number of aromatic amines is 1. The van der Waals surface area contributed by atoms with Crippen LogP contribution < -0.4 is 5.32 Å². The number of benzene rings is 1. The average molecular weight is 343 g/mol. The van der Waals surface area contributed by atoms with E-state index in [0.717, 1.165) is 22.3 Å². The zero-order valence-electron chi connectivity index (χ0n) is 14.0. The summed E-state index contributed by atoms with van der Waals surface area (Å²) in [5.74, 6) is -0.125. The first kappa shape index (κ1) is 16.0. The van der Waals surface area contributed by atoms with Crippen LogP contribution in [-0.4, -0.2) is 32.4 Å². The van der Waals surface area contributed by atoms with E-state index in [9.17, 15) is 4.79 Å². The number of pyridine rings is 2.